The Labute approximate surface area is 129 Å². The molecule has 1 aromatic heterocycles. The predicted octanol–water partition coefficient (Wildman–Crippen LogP) is 2.71. The highest BCUT2D eigenvalue weighted by Crippen LogP contribution is 2.30. The predicted molar refractivity (Wildman–Crippen MR) is 81.5 cm³/mol. The average molecular weight is 300 g/mol. The molecular formula is C17H20N2O3. The maximum atomic E-state index is 12.5. The van der Waals surface area contributed by atoms with Gasteiger partial charge in [-0.25, -0.2) is 4.98 Å². The number of amides is 1. The van der Waals surface area contributed by atoms with Crippen molar-refractivity contribution in [2.45, 2.75) is 37.7 Å². The molecule has 0 spiro atoms. The van der Waals surface area contributed by atoms with Gasteiger partial charge in [-0.1, -0.05) is 12.1 Å². The van der Waals surface area contributed by atoms with Crippen molar-refractivity contribution in [2.75, 3.05) is 19.7 Å². The molecule has 4 rings (SSSR count). The number of nitrogens with zero attached hydrogens (tertiary/aromatic N) is 2. The van der Waals surface area contributed by atoms with Gasteiger partial charge < -0.3 is 14.1 Å². The number of carbonyl (C=O) groups is 1. The fraction of sp³-hybridized carbons (Fsp3) is 0.529. The number of rotatable bonds is 2. The van der Waals surface area contributed by atoms with Gasteiger partial charge in [-0.2, -0.15) is 0 Å². The van der Waals surface area contributed by atoms with E-state index in [0.29, 0.717) is 13.2 Å². The lowest BCUT2D eigenvalue weighted by Gasteiger charge is -2.32. The molecule has 1 aromatic carbocycles. The van der Waals surface area contributed by atoms with Gasteiger partial charge >= 0.3 is 0 Å². The first-order valence-electron chi connectivity index (χ1n) is 8.07. The molecule has 0 bridgehead atoms. The number of piperidine rings is 1. The maximum absolute atomic E-state index is 12.5. The van der Waals surface area contributed by atoms with Gasteiger partial charge in [-0.3, -0.25) is 4.79 Å². The summed E-state index contributed by atoms with van der Waals surface area (Å²) >= 11 is 0. The minimum absolute atomic E-state index is 0.137. The molecule has 1 amide bonds. The molecule has 5 nitrogen and oxygen atoms in total. The van der Waals surface area contributed by atoms with Crippen LogP contribution < -0.4 is 0 Å². The van der Waals surface area contributed by atoms with Crippen LogP contribution in [0.2, 0.25) is 0 Å². The van der Waals surface area contributed by atoms with E-state index in [9.17, 15) is 4.79 Å². The van der Waals surface area contributed by atoms with Crippen LogP contribution in [0.15, 0.2) is 28.7 Å². The van der Waals surface area contributed by atoms with Crippen molar-refractivity contribution < 1.29 is 13.9 Å². The fourth-order valence-corrected chi connectivity index (χ4v) is 3.42. The third-order valence-corrected chi connectivity index (χ3v) is 4.60. The van der Waals surface area contributed by atoms with Gasteiger partial charge in [0, 0.05) is 19.7 Å². The molecule has 2 saturated heterocycles. The first-order valence-corrected chi connectivity index (χ1v) is 8.07. The molecule has 22 heavy (non-hydrogen) atoms. The summed E-state index contributed by atoms with van der Waals surface area (Å²) in [7, 11) is 0. The van der Waals surface area contributed by atoms with Gasteiger partial charge in [0.25, 0.3) is 5.91 Å². The van der Waals surface area contributed by atoms with E-state index in [0.717, 1.165) is 49.2 Å². The summed E-state index contributed by atoms with van der Waals surface area (Å²) in [6.45, 7) is 2.21. The Hall–Kier alpha value is -1.88. The lowest BCUT2D eigenvalue weighted by molar-refractivity contribution is -0.142. The van der Waals surface area contributed by atoms with Crippen molar-refractivity contribution in [1.29, 1.82) is 0 Å². The molecule has 0 aliphatic carbocycles. The van der Waals surface area contributed by atoms with E-state index in [1.54, 1.807) is 0 Å². The van der Waals surface area contributed by atoms with Gasteiger partial charge in [-0.05, 0) is 37.8 Å². The van der Waals surface area contributed by atoms with Gasteiger partial charge in [0.2, 0.25) is 0 Å². The van der Waals surface area contributed by atoms with Crippen LogP contribution in [0.5, 0.6) is 0 Å². The zero-order valence-corrected chi connectivity index (χ0v) is 12.5. The van der Waals surface area contributed by atoms with Crippen molar-refractivity contribution in [1.82, 2.24) is 9.88 Å². The minimum Gasteiger partial charge on any atom is -0.440 e. The second-order valence-electron chi connectivity index (χ2n) is 6.14. The highest BCUT2D eigenvalue weighted by molar-refractivity contribution is 5.81. The number of carbonyl (C=O) groups excluding carboxylic acids is 1. The Morgan fingerprint density at radius 1 is 1.23 bits per heavy atom. The van der Waals surface area contributed by atoms with E-state index < -0.39 is 0 Å². The first-order chi connectivity index (χ1) is 10.8. The number of hydrogen-bond donors (Lipinski definition) is 0. The standard InChI is InChI=1S/C17H20N2O3/c20-17(15-8-4-10-21-15)19-9-3-5-12(11-19)16-18-13-6-1-2-7-14(13)22-16/h1-2,6-7,12,15H,3-5,8-11H2/t12-,15-/m0/s1. The number of benzene rings is 1. The molecule has 5 heteroatoms. The number of likely N-dealkylation sites (tertiary alicyclic amines) is 1. The largest absolute Gasteiger partial charge is 0.440 e. The Balaban J connectivity index is 1.51. The number of ether oxygens (including phenoxy) is 1. The number of para-hydroxylation sites is 2. The molecule has 0 saturated carbocycles. The van der Waals surface area contributed by atoms with Gasteiger partial charge in [0.05, 0.1) is 5.92 Å². The molecular weight excluding hydrogens is 280 g/mol. The molecule has 2 aromatic rings. The Morgan fingerprint density at radius 3 is 2.95 bits per heavy atom. The van der Waals surface area contributed by atoms with Crippen LogP contribution in [-0.4, -0.2) is 41.6 Å². The van der Waals surface area contributed by atoms with Gasteiger partial charge in [0.15, 0.2) is 11.5 Å². The minimum atomic E-state index is -0.234. The number of oxazole rings is 1. The van der Waals surface area contributed by atoms with Crippen LogP contribution in [0.1, 0.15) is 37.5 Å². The fourth-order valence-electron chi connectivity index (χ4n) is 3.42. The lowest BCUT2D eigenvalue weighted by atomic mass is 9.97. The molecule has 2 aliphatic rings. The van der Waals surface area contributed by atoms with Crippen molar-refractivity contribution in [3.05, 3.63) is 30.2 Å². The Morgan fingerprint density at radius 2 is 2.14 bits per heavy atom. The zero-order valence-electron chi connectivity index (χ0n) is 12.5. The summed E-state index contributed by atoms with van der Waals surface area (Å²) in [6.07, 6.45) is 3.61. The first kappa shape index (κ1) is 13.8. The highest BCUT2D eigenvalue weighted by Gasteiger charge is 2.33. The van der Waals surface area contributed by atoms with Gasteiger partial charge in [-0.15, -0.1) is 0 Å². The molecule has 2 aliphatic heterocycles. The smallest absolute Gasteiger partial charge is 0.251 e. The highest BCUT2D eigenvalue weighted by atomic mass is 16.5. The van der Waals surface area contributed by atoms with Crippen LogP contribution in [0.4, 0.5) is 0 Å². The molecule has 2 atom stereocenters. The van der Waals surface area contributed by atoms with Crippen LogP contribution in [0.25, 0.3) is 11.1 Å². The quantitative estimate of drug-likeness (QED) is 0.855. The molecule has 3 heterocycles. The zero-order chi connectivity index (χ0) is 14.9. The monoisotopic (exact) mass is 300 g/mol. The average Bonchev–Trinajstić information content (AvgIpc) is 3.23. The lowest BCUT2D eigenvalue weighted by Crippen LogP contribution is -2.44. The second-order valence-corrected chi connectivity index (χ2v) is 6.14. The Bertz CT molecular complexity index is 642. The summed E-state index contributed by atoms with van der Waals surface area (Å²) in [5.74, 6) is 1.08. The molecule has 0 radical (unpaired) electrons. The van der Waals surface area contributed by atoms with E-state index >= 15 is 0 Å². The number of fused-ring (bicyclic) bond motifs is 1. The van der Waals surface area contributed by atoms with Gasteiger partial charge in [0.1, 0.15) is 11.6 Å². The van der Waals surface area contributed by atoms with E-state index in [2.05, 4.69) is 4.98 Å². The van der Waals surface area contributed by atoms with E-state index in [-0.39, 0.29) is 17.9 Å². The van der Waals surface area contributed by atoms with Crippen LogP contribution in [0.3, 0.4) is 0 Å². The summed E-state index contributed by atoms with van der Waals surface area (Å²) < 4.78 is 11.4. The molecule has 0 unspecified atom stereocenters. The number of aromatic nitrogens is 1. The summed E-state index contributed by atoms with van der Waals surface area (Å²) in [4.78, 5) is 19.0. The SMILES string of the molecule is O=C([C@@H]1CCCO1)N1CCC[C@H](c2nc3ccccc3o2)C1. The van der Waals surface area contributed by atoms with Crippen LogP contribution in [-0.2, 0) is 9.53 Å². The topological polar surface area (TPSA) is 55.6 Å². The van der Waals surface area contributed by atoms with E-state index in [1.807, 2.05) is 29.2 Å². The van der Waals surface area contributed by atoms with Crippen molar-refractivity contribution in [2.24, 2.45) is 0 Å². The number of hydrogen-bond acceptors (Lipinski definition) is 4. The van der Waals surface area contributed by atoms with Crippen molar-refractivity contribution in [3.8, 4) is 0 Å². The third kappa shape index (κ3) is 2.50. The van der Waals surface area contributed by atoms with E-state index in [4.69, 9.17) is 9.15 Å². The normalized spacial score (nSPS) is 25.7. The molecule has 0 N–H and O–H groups in total. The summed E-state index contributed by atoms with van der Waals surface area (Å²) in [5.41, 5.74) is 1.71. The van der Waals surface area contributed by atoms with E-state index in [1.165, 1.54) is 0 Å². The Kier molecular flexibility index (Phi) is 3.58. The summed E-state index contributed by atoms with van der Waals surface area (Å²) in [6, 6.07) is 7.80. The van der Waals surface area contributed by atoms with Crippen LogP contribution in [0, 0.1) is 0 Å². The molecule has 2 fully saturated rings. The van der Waals surface area contributed by atoms with Crippen molar-refractivity contribution in [3.63, 3.8) is 0 Å². The summed E-state index contributed by atoms with van der Waals surface area (Å²) in [5, 5.41) is 0. The third-order valence-electron chi connectivity index (χ3n) is 4.60. The van der Waals surface area contributed by atoms with Crippen molar-refractivity contribution >= 4 is 17.0 Å². The maximum Gasteiger partial charge on any atom is 0.251 e. The second kappa shape index (κ2) is 5.72. The van der Waals surface area contributed by atoms with Crippen LogP contribution >= 0.6 is 0 Å². The molecule has 116 valence electrons.